The van der Waals surface area contributed by atoms with Crippen molar-refractivity contribution in [2.24, 2.45) is 0 Å². The van der Waals surface area contributed by atoms with Crippen LogP contribution in [0.5, 0.6) is 5.75 Å². The zero-order chi connectivity index (χ0) is 17.2. The Labute approximate surface area is 132 Å². The molecule has 0 bridgehead atoms. The van der Waals surface area contributed by atoms with Gasteiger partial charge in [-0.1, -0.05) is 0 Å². The first-order chi connectivity index (χ1) is 9.78. The molecule has 0 amide bonds. The molecule has 0 heterocycles. The highest BCUT2D eigenvalue weighted by Crippen LogP contribution is 2.21. The van der Waals surface area contributed by atoms with Crippen molar-refractivity contribution < 1.29 is 22.7 Å². The van der Waals surface area contributed by atoms with Gasteiger partial charge in [0.05, 0.1) is 4.90 Å². The van der Waals surface area contributed by atoms with E-state index in [-0.39, 0.29) is 10.5 Å². The van der Waals surface area contributed by atoms with Crippen molar-refractivity contribution >= 4 is 15.8 Å². The van der Waals surface area contributed by atoms with Crippen molar-refractivity contribution in [2.75, 3.05) is 5.75 Å². The summed E-state index contributed by atoms with van der Waals surface area (Å²) >= 11 is 0. The van der Waals surface area contributed by atoms with Crippen molar-refractivity contribution in [2.45, 2.75) is 57.6 Å². The lowest BCUT2D eigenvalue weighted by Gasteiger charge is -2.21. The van der Waals surface area contributed by atoms with E-state index in [1.807, 2.05) is 20.8 Å². The van der Waals surface area contributed by atoms with E-state index >= 15 is 0 Å². The van der Waals surface area contributed by atoms with E-state index in [4.69, 9.17) is 9.47 Å². The van der Waals surface area contributed by atoms with Crippen molar-refractivity contribution in [1.82, 2.24) is 0 Å². The fourth-order valence-corrected chi connectivity index (χ4v) is 2.76. The molecule has 0 spiro atoms. The number of sulfone groups is 1. The lowest BCUT2D eigenvalue weighted by Crippen LogP contribution is -2.28. The average Bonchev–Trinajstić information content (AvgIpc) is 2.23. The first-order valence-corrected chi connectivity index (χ1v) is 8.67. The minimum Gasteiger partial charge on any atom is -0.488 e. The molecule has 0 radical (unpaired) electrons. The molecule has 0 atom stereocenters. The molecule has 22 heavy (non-hydrogen) atoms. The van der Waals surface area contributed by atoms with E-state index in [0.29, 0.717) is 5.75 Å². The topological polar surface area (TPSA) is 69.7 Å². The molecule has 0 N–H and O–H groups in total. The molecular weight excluding hydrogens is 304 g/mol. The third-order valence-electron chi connectivity index (χ3n) is 2.33. The summed E-state index contributed by atoms with van der Waals surface area (Å²) in [6.07, 6.45) is 0. The van der Waals surface area contributed by atoms with E-state index in [0.717, 1.165) is 0 Å². The van der Waals surface area contributed by atoms with Crippen LogP contribution in [0.15, 0.2) is 29.2 Å². The molecule has 0 aliphatic heterocycles. The van der Waals surface area contributed by atoms with E-state index in [1.165, 1.54) is 12.1 Å². The minimum absolute atomic E-state index is 0.0691. The number of benzene rings is 1. The second-order valence-corrected chi connectivity index (χ2v) is 9.02. The maximum Gasteiger partial charge on any atom is 0.322 e. The average molecular weight is 328 g/mol. The smallest absolute Gasteiger partial charge is 0.322 e. The molecule has 1 aromatic rings. The monoisotopic (exact) mass is 328 g/mol. The van der Waals surface area contributed by atoms with Gasteiger partial charge in [0.1, 0.15) is 17.0 Å². The number of hydrogen-bond acceptors (Lipinski definition) is 5. The largest absolute Gasteiger partial charge is 0.488 e. The summed E-state index contributed by atoms with van der Waals surface area (Å²) in [6, 6.07) is 6.02. The Morgan fingerprint density at radius 2 is 1.45 bits per heavy atom. The molecule has 1 rings (SSSR count). The Bertz CT molecular complexity index is 616. The number of carbonyl (C=O) groups excluding carboxylic acids is 1. The van der Waals surface area contributed by atoms with Crippen LogP contribution in [-0.2, 0) is 19.4 Å². The predicted octanol–water partition coefficient (Wildman–Crippen LogP) is 2.98. The molecule has 124 valence electrons. The molecule has 0 saturated heterocycles. The number of esters is 1. The molecule has 0 unspecified atom stereocenters. The van der Waals surface area contributed by atoms with Crippen molar-refractivity contribution in [3.05, 3.63) is 24.3 Å². The number of ether oxygens (including phenoxy) is 2. The molecule has 0 aromatic heterocycles. The van der Waals surface area contributed by atoms with Gasteiger partial charge in [0, 0.05) is 0 Å². The highest BCUT2D eigenvalue weighted by molar-refractivity contribution is 7.92. The first kappa shape index (κ1) is 18.5. The molecule has 0 aliphatic carbocycles. The van der Waals surface area contributed by atoms with Gasteiger partial charge in [0.15, 0.2) is 15.6 Å². The molecule has 5 nitrogen and oxygen atoms in total. The normalized spacial score (nSPS) is 12.8. The van der Waals surface area contributed by atoms with Crippen LogP contribution in [0.3, 0.4) is 0 Å². The van der Waals surface area contributed by atoms with Gasteiger partial charge in [-0.25, -0.2) is 8.42 Å². The molecule has 1 aromatic carbocycles. The minimum atomic E-state index is -3.72. The molecule has 0 saturated carbocycles. The summed E-state index contributed by atoms with van der Waals surface area (Å²) < 4.78 is 35.0. The Kier molecular flexibility index (Phi) is 5.28. The molecular formula is C16H24O5S. The maximum atomic E-state index is 12.2. The summed E-state index contributed by atoms with van der Waals surface area (Å²) in [5, 5.41) is 0. The summed E-state index contributed by atoms with van der Waals surface area (Å²) in [5.41, 5.74) is -1.08. The Balaban J connectivity index is 2.84. The van der Waals surface area contributed by atoms with Gasteiger partial charge >= 0.3 is 5.97 Å². The highest BCUT2D eigenvalue weighted by Gasteiger charge is 2.24. The first-order valence-electron chi connectivity index (χ1n) is 7.02. The highest BCUT2D eigenvalue weighted by atomic mass is 32.2. The van der Waals surface area contributed by atoms with Crippen LogP contribution in [0, 0.1) is 0 Å². The van der Waals surface area contributed by atoms with E-state index in [1.54, 1.807) is 32.9 Å². The van der Waals surface area contributed by atoms with Crippen molar-refractivity contribution in [1.29, 1.82) is 0 Å². The summed E-state index contributed by atoms with van der Waals surface area (Å²) in [7, 11) is -3.72. The number of rotatable bonds is 4. The lowest BCUT2D eigenvalue weighted by molar-refractivity contribution is -0.151. The van der Waals surface area contributed by atoms with Crippen LogP contribution >= 0.6 is 0 Å². The Morgan fingerprint density at radius 3 is 1.86 bits per heavy atom. The van der Waals surface area contributed by atoms with Gasteiger partial charge in [-0.2, -0.15) is 0 Å². The number of carbonyl (C=O) groups is 1. The third-order valence-corrected chi connectivity index (χ3v) is 3.94. The van der Waals surface area contributed by atoms with Gasteiger partial charge in [0.2, 0.25) is 0 Å². The molecule has 0 aliphatic rings. The van der Waals surface area contributed by atoms with E-state index < -0.39 is 27.2 Å². The van der Waals surface area contributed by atoms with Crippen LogP contribution in [0.2, 0.25) is 0 Å². The van der Waals surface area contributed by atoms with Crippen molar-refractivity contribution in [3.63, 3.8) is 0 Å². The molecule has 6 heteroatoms. The zero-order valence-corrected chi connectivity index (χ0v) is 14.8. The van der Waals surface area contributed by atoms with Gasteiger partial charge in [0.25, 0.3) is 0 Å². The van der Waals surface area contributed by atoms with Crippen LogP contribution in [0.25, 0.3) is 0 Å². The zero-order valence-electron chi connectivity index (χ0n) is 14.0. The van der Waals surface area contributed by atoms with Gasteiger partial charge in [-0.3, -0.25) is 4.79 Å². The Hall–Kier alpha value is -1.56. The van der Waals surface area contributed by atoms with Crippen molar-refractivity contribution in [3.8, 4) is 5.75 Å². The summed E-state index contributed by atoms with van der Waals surface area (Å²) in [5.74, 6) is -0.866. The van der Waals surface area contributed by atoms with Gasteiger partial charge in [-0.05, 0) is 65.8 Å². The Morgan fingerprint density at radius 1 is 0.955 bits per heavy atom. The van der Waals surface area contributed by atoms with Gasteiger partial charge < -0.3 is 9.47 Å². The summed E-state index contributed by atoms with van der Waals surface area (Å²) in [4.78, 5) is 11.7. The van der Waals surface area contributed by atoms with E-state index in [9.17, 15) is 13.2 Å². The molecule has 0 fully saturated rings. The lowest BCUT2D eigenvalue weighted by atomic mass is 10.2. The van der Waals surface area contributed by atoms with Crippen LogP contribution in [0.4, 0.5) is 0 Å². The maximum absolute atomic E-state index is 12.2. The second-order valence-electron chi connectivity index (χ2n) is 7.03. The van der Waals surface area contributed by atoms with Crippen LogP contribution in [-0.4, -0.2) is 31.3 Å². The van der Waals surface area contributed by atoms with E-state index in [2.05, 4.69) is 0 Å². The fourth-order valence-electron chi connectivity index (χ4n) is 1.68. The predicted molar refractivity (Wildman–Crippen MR) is 84.7 cm³/mol. The second kappa shape index (κ2) is 6.28. The quantitative estimate of drug-likeness (QED) is 0.795. The third kappa shape index (κ3) is 6.47. The fraction of sp³-hybridized carbons (Fsp3) is 0.562. The van der Waals surface area contributed by atoms with Gasteiger partial charge in [-0.15, -0.1) is 0 Å². The standard InChI is InChI=1S/C16H24O5S/c1-15(2,3)20-12-7-9-13(10-8-12)22(18,19)11-14(17)21-16(4,5)6/h7-10H,11H2,1-6H3. The van der Waals surface area contributed by atoms with Crippen LogP contribution in [0.1, 0.15) is 41.5 Å². The summed E-state index contributed by atoms with van der Waals surface area (Å²) in [6.45, 7) is 10.8. The van der Waals surface area contributed by atoms with Crippen LogP contribution < -0.4 is 4.74 Å². The number of hydrogen-bond donors (Lipinski definition) is 0. The SMILES string of the molecule is CC(C)(C)OC(=O)CS(=O)(=O)c1ccc(OC(C)(C)C)cc1.